The number of hydrogen-bond donors (Lipinski definition) is 1. The van der Waals surface area contributed by atoms with Crippen LogP contribution in [0.5, 0.6) is 0 Å². The van der Waals surface area contributed by atoms with Crippen molar-refractivity contribution in [2.24, 2.45) is 5.92 Å². The topological polar surface area (TPSA) is 20.2 Å². The van der Waals surface area contributed by atoms with Crippen LogP contribution in [0, 0.1) is 5.92 Å². The van der Waals surface area contributed by atoms with Crippen LogP contribution in [0.1, 0.15) is 182 Å². The zero-order valence-corrected chi connectivity index (χ0v) is 22.5. The Morgan fingerprint density at radius 2 is 0.742 bits per heavy atom. The van der Waals surface area contributed by atoms with Crippen LogP contribution in [0.25, 0.3) is 0 Å². The van der Waals surface area contributed by atoms with Crippen molar-refractivity contribution in [2.75, 3.05) is 0 Å². The number of rotatable bonds is 25. The molecule has 0 heterocycles. The van der Waals surface area contributed by atoms with Crippen LogP contribution in [0.2, 0.25) is 0 Å². The van der Waals surface area contributed by atoms with Gasteiger partial charge in [0.25, 0.3) is 0 Å². The highest BCUT2D eigenvalue weighted by molar-refractivity contribution is 4.87. The summed E-state index contributed by atoms with van der Waals surface area (Å²) in [5.74, 6) is 0.532. The van der Waals surface area contributed by atoms with Crippen molar-refractivity contribution in [3.8, 4) is 0 Å². The second-order valence-corrected chi connectivity index (χ2v) is 10.5. The van der Waals surface area contributed by atoms with Gasteiger partial charge in [0.1, 0.15) is 0 Å². The Kier molecular flexibility index (Phi) is 23.1. The predicted octanol–water partition coefficient (Wildman–Crippen LogP) is 10.8. The summed E-state index contributed by atoms with van der Waals surface area (Å²) in [6.07, 6.45) is 31.3. The van der Waals surface area contributed by atoms with E-state index in [0.29, 0.717) is 5.92 Å². The Hall–Kier alpha value is -0.0400. The fourth-order valence-electron chi connectivity index (χ4n) is 5.26. The zero-order valence-electron chi connectivity index (χ0n) is 22.5. The summed E-state index contributed by atoms with van der Waals surface area (Å²) >= 11 is 0. The first kappa shape index (κ1) is 31.0. The molecule has 1 atom stereocenters. The molecule has 0 bridgehead atoms. The molecule has 0 aromatic rings. The Morgan fingerprint density at radius 3 is 1.16 bits per heavy atom. The van der Waals surface area contributed by atoms with Gasteiger partial charge < -0.3 is 5.11 Å². The minimum absolute atomic E-state index is 0.395. The summed E-state index contributed by atoms with van der Waals surface area (Å²) in [4.78, 5) is 0. The van der Waals surface area contributed by atoms with Gasteiger partial charge in [0.05, 0.1) is 5.60 Å². The molecule has 0 aliphatic carbocycles. The van der Waals surface area contributed by atoms with E-state index in [1.165, 1.54) is 141 Å². The molecule has 0 saturated heterocycles. The van der Waals surface area contributed by atoms with Crippen LogP contribution in [0.4, 0.5) is 0 Å². The Morgan fingerprint density at radius 1 is 0.419 bits per heavy atom. The molecule has 0 aromatic carbocycles. The second kappa shape index (κ2) is 23.1. The van der Waals surface area contributed by atoms with Crippen LogP contribution in [0.15, 0.2) is 0 Å². The lowest BCUT2D eigenvalue weighted by molar-refractivity contribution is -0.0455. The smallest absolute Gasteiger partial charge is 0.0675 e. The molecule has 31 heavy (non-hydrogen) atoms. The van der Waals surface area contributed by atoms with E-state index in [0.717, 1.165) is 12.8 Å². The molecule has 0 amide bonds. The molecule has 0 spiro atoms. The number of unbranched alkanes of at least 4 members (excludes halogenated alkanes) is 16. The molecular weight excluding hydrogens is 376 g/mol. The lowest BCUT2D eigenvalue weighted by Gasteiger charge is -2.37. The van der Waals surface area contributed by atoms with Crippen molar-refractivity contribution in [1.82, 2.24) is 0 Å². The lowest BCUT2D eigenvalue weighted by atomic mass is 9.74. The molecule has 1 nitrogen and oxygen atoms in total. The van der Waals surface area contributed by atoms with E-state index in [1.807, 2.05) is 0 Å². The molecule has 0 aliphatic rings. The average molecular weight is 439 g/mol. The van der Waals surface area contributed by atoms with Crippen LogP contribution in [0.3, 0.4) is 0 Å². The van der Waals surface area contributed by atoms with Crippen molar-refractivity contribution >= 4 is 0 Å². The first-order chi connectivity index (χ1) is 15.1. The first-order valence-electron chi connectivity index (χ1n) is 14.9. The SMILES string of the molecule is CCCCCCCCC(CCCC)C(O)(CCCCCCCC)CCCCCCCC. The van der Waals surface area contributed by atoms with Crippen molar-refractivity contribution in [3.05, 3.63) is 0 Å². The summed E-state index contributed by atoms with van der Waals surface area (Å²) in [6, 6.07) is 0. The van der Waals surface area contributed by atoms with E-state index in [9.17, 15) is 5.11 Å². The van der Waals surface area contributed by atoms with E-state index in [4.69, 9.17) is 0 Å². The Balaban J connectivity index is 4.71. The van der Waals surface area contributed by atoms with Gasteiger partial charge in [-0.15, -0.1) is 0 Å². The van der Waals surface area contributed by atoms with E-state index in [-0.39, 0.29) is 0 Å². The molecule has 1 heteroatoms. The average Bonchev–Trinajstić information content (AvgIpc) is 2.77. The van der Waals surface area contributed by atoms with Crippen molar-refractivity contribution in [3.63, 3.8) is 0 Å². The highest BCUT2D eigenvalue weighted by Gasteiger charge is 2.34. The van der Waals surface area contributed by atoms with E-state index in [1.54, 1.807) is 0 Å². The van der Waals surface area contributed by atoms with Crippen molar-refractivity contribution in [1.29, 1.82) is 0 Å². The molecular formula is C30H62O. The molecule has 1 N–H and O–H groups in total. The fourth-order valence-corrected chi connectivity index (χ4v) is 5.26. The van der Waals surface area contributed by atoms with Gasteiger partial charge in [0.2, 0.25) is 0 Å². The lowest BCUT2D eigenvalue weighted by Crippen LogP contribution is -2.38. The molecule has 0 rings (SSSR count). The third kappa shape index (κ3) is 18.1. The number of aliphatic hydroxyl groups is 1. The van der Waals surface area contributed by atoms with Crippen LogP contribution in [-0.2, 0) is 0 Å². The second-order valence-electron chi connectivity index (χ2n) is 10.5. The van der Waals surface area contributed by atoms with Crippen molar-refractivity contribution < 1.29 is 5.11 Å². The first-order valence-corrected chi connectivity index (χ1v) is 14.9. The highest BCUT2D eigenvalue weighted by Crippen LogP contribution is 2.37. The van der Waals surface area contributed by atoms with Crippen molar-refractivity contribution in [2.45, 2.75) is 187 Å². The zero-order chi connectivity index (χ0) is 23.0. The van der Waals surface area contributed by atoms with Gasteiger partial charge in [0, 0.05) is 0 Å². The predicted molar refractivity (Wildman–Crippen MR) is 142 cm³/mol. The maximum atomic E-state index is 11.9. The molecule has 0 saturated carbocycles. The minimum Gasteiger partial charge on any atom is -0.390 e. The van der Waals surface area contributed by atoms with Crippen LogP contribution < -0.4 is 0 Å². The van der Waals surface area contributed by atoms with Gasteiger partial charge in [-0.25, -0.2) is 0 Å². The van der Waals surface area contributed by atoms with Gasteiger partial charge >= 0.3 is 0 Å². The third-order valence-electron chi connectivity index (χ3n) is 7.50. The van der Waals surface area contributed by atoms with Gasteiger partial charge in [-0.3, -0.25) is 0 Å². The minimum atomic E-state index is -0.395. The molecule has 0 radical (unpaired) electrons. The maximum Gasteiger partial charge on any atom is 0.0675 e. The van der Waals surface area contributed by atoms with E-state index >= 15 is 0 Å². The molecule has 0 aliphatic heterocycles. The number of hydrogen-bond acceptors (Lipinski definition) is 1. The van der Waals surface area contributed by atoms with Gasteiger partial charge in [-0.2, -0.15) is 0 Å². The van der Waals surface area contributed by atoms with Gasteiger partial charge in [0.15, 0.2) is 0 Å². The standard InChI is InChI=1S/C30H62O/c1-5-9-13-16-19-22-26-29(25-12-8-4)30(31,27-23-20-17-14-10-6-2)28-24-21-18-15-11-7-3/h29,31H,5-28H2,1-4H3. The maximum absolute atomic E-state index is 11.9. The molecule has 0 fully saturated rings. The fraction of sp³-hybridized carbons (Fsp3) is 1.00. The summed E-state index contributed by atoms with van der Waals surface area (Å²) in [7, 11) is 0. The van der Waals surface area contributed by atoms with Crippen LogP contribution >= 0.6 is 0 Å². The summed E-state index contributed by atoms with van der Waals surface area (Å²) in [6.45, 7) is 9.19. The normalized spacial score (nSPS) is 13.1. The highest BCUT2D eigenvalue weighted by atomic mass is 16.3. The molecule has 1 unspecified atom stereocenters. The van der Waals surface area contributed by atoms with E-state index < -0.39 is 5.60 Å². The summed E-state index contributed by atoms with van der Waals surface area (Å²) in [5, 5.41) is 11.9. The quantitative estimate of drug-likeness (QED) is 0.140. The summed E-state index contributed by atoms with van der Waals surface area (Å²) in [5.41, 5.74) is -0.395. The largest absolute Gasteiger partial charge is 0.390 e. The van der Waals surface area contributed by atoms with Gasteiger partial charge in [-0.1, -0.05) is 156 Å². The Bertz CT molecular complexity index is 321. The van der Waals surface area contributed by atoms with E-state index in [2.05, 4.69) is 27.7 Å². The molecule has 0 aromatic heterocycles. The van der Waals surface area contributed by atoms with Crippen LogP contribution in [-0.4, -0.2) is 10.7 Å². The van der Waals surface area contributed by atoms with Gasteiger partial charge in [-0.05, 0) is 31.6 Å². The monoisotopic (exact) mass is 438 g/mol. The third-order valence-corrected chi connectivity index (χ3v) is 7.50. The Labute approximate surface area is 198 Å². The summed E-state index contributed by atoms with van der Waals surface area (Å²) < 4.78 is 0. The molecule has 188 valence electrons.